The van der Waals surface area contributed by atoms with Gasteiger partial charge >= 0.3 is 0 Å². The van der Waals surface area contributed by atoms with E-state index >= 15 is 0 Å². The maximum absolute atomic E-state index is 6.87. The highest BCUT2D eigenvalue weighted by Crippen LogP contribution is 2.54. The first-order chi connectivity index (χ1) is 19.2. The molecule has 0 radical (unpaired) electrons. The number of rotatable bonds is 11. The molecule has 1 spiro atoms. The second-order valence-corrected chi connectivity index (χ2v) is 11.6. The van der Waals surface area contributed by atoms with Crippen molar-refractivity contribution in [3.05, 3.63) is 45.5 Å². The van der Waals surface area contributed by atoms with Gasteiger partial charge in [0.15, 0.2) is 25.7 Å². The summed E-state index contributed by atoms with van der Waals surface area (Å²) in [5, 5.41) is 0.478. The van der Waals surface area contributed by atoms with Crippen LogP contribution in [0.3, 0.4) is 0 Å². The van der Waals surface area contributed by atoms with Gasteiger partial charge in [0.05, 0.1) is 37.0 Å². The zero-order valence-electron chi connectivity index (χ0n) is 25.0. The number of halogens is 1. The molecule has 40 heavy (non-hydrogen) atoms. The Morgan fingerprint density at radius 2 is 1.62 bits per heavy atom. The summed E-state index contributed by atoms with van der Waals surface area (Å²) in [4.78, 5) is 0. The molecule has 0 N–H and O–H groups in total. The average Bonchev–Trinajstić information content (AvgIpc) is 3.65. The zero-order chi connectivity index (χ0) is 28.9. The maximum atomic E-state index is 6.87. The molecule has 0 amide bonds. The van der Waals surface area contributed by atoms with E-state index in [4.69, 9.17) is 49.5 Å². The van der Waals surface area contributed by atoms with E-state index in [1.54, 1.807) is 14.2 Å². The summed E-state index contributed by atoms with van der Waals surface area (Å²) in [6, 6.07) is 0. The van der Waals surface area contributed by atoms with Crippen molar-refractivity contribution >= 4 is 11.6 Å². The molecule has 1 aliphatic carbocycles. The van der Waals surface area contributed by atoms with Crippen LogP contribution in [0.25, 0.3) is 0 Å². The van der Waals surface area contributed by atoms with E-state index in [1.165, 1.54) is 0 Å². The summed E-state index contributed by atoms with van der Waals surface area (Å²) >= 11 is 6.87. The monoisotopic (exact) mass is 580 g/mol. The molecular weight excluding hydrogens is 536 g/mol. The molecule has 3 fully saturated rings. The van der Waals surface area contributed by atoms with Crippen molar-refractivity contribution in [1.29, 1.82) is 0 Å². The van der Waals surface area contributed by atoms with E-state index in [0.29, 0.717) is 55.3 Å². The third kappa shape index (κ3) is 6.24. The summed E-state index contributed by atoms with van der Waals surface area (Å²) < 4.78 is 46.6. The lowest BCUT2D eigenvalue weighted by Gasteiger charge is -2.51. The predicted octanol–water partition coefficient (Wildman–Crippen LogP) is 6.52. The van der Waals surface area contributed by atoms with Crippen LogP contribution in [0.15, 0.2) is 23.8 Å². The van der Waals surface area contributed by atoms with Gasteiger partial charge in [-0.2, -0.15) is 0 Å². The molecule has 0 bridgehead atoms. The Labute approximate surface area is 243 Å². The highest BCUT2D eigenvalue weighted by molar-refractivity contribution is 6.33. The molecular formula is C31H45ClO8. The Morgan fingerprint density at radius 1 is 1.00 bits per heavy atom. The Balaban J connectivity index is 1.67. The number of ether oxygens (including phenoxy) is 8. The summed E-state index contributed by atoms with van der Waals surface area (Å²) in [7, 11) is 3.16. The quantitative estimate of drug-likeness (QED) is 0.216. The second kappa shape index (κ2) is 13.6. The maximum Gasteiger partial charge on any atom is 0.188 e. The van der Waals surface area contributed by atoms with Crippen LogP contribution in [0.5, 0.6) is 11.5 Å². The first-order valence-electron chi connectivity index (χ1n) is 14.1. The SMILES string of the molecule is COCOc1c(Cl)c(C)c(C2OCCO2)c(OCOC)c1C/C=C(C)/C=C/[C@@]1(C)[C@H](C)CCC2(OCCO2)[C@@H]1C. The molecule has 1 aromatic rings. The Hall–Kier alpha value is -1.65. The van der Waals surface area contributed by atoms with E-state index in [1.807, 2.05) is 6.92 Å². The first kappa shape index (κ1) is 31.3. The molecule has 8 nitrogen and oxygen atoms in total. The molecule has 224 valence electrons. The highest BCUT2D eigenvalue weighted by atomic mass is 35.5. The largest absolute Gasteiger partial charge is 0.467 e. The number of hydrogen-bond acceptors (Lipinski definition) is 8. The van der Waals surface area contributed by atoms with Gasteiger partial charge < -0.3 is 37.9 Å². The molecule has 3 aliphatic rings. The fourth-order valence-electron chi connectivity index (χ4n) is 6.06. The van der Waals surface area contributed by atoms with Crippen LogP contribution in [0.1, 0.15) is 63.5 Å². The van der Waals surface area contributed by atoms with Gasteiger partial charge in [0.1, 0.15) is 11.5 Å². The fourth-order valence-corrected chi connectivity index (χ4v) is 6.33. The number of benzene rings is 1. The third-order valence-electron chi connectivity index (χ3n) is 8.92. The molecule has 2 saturated heterocycles. The predicted molar refractivity (Wildman–Crippen MR) is 153 cm³/mol. The van der Waals surface area contributed by atoms with Crippen LogP contribution >= 0.6 is 11.6 Å². The van der Waals surface area contributed by atoms with Crippen LogP contribution in [0.4, 0.5) is 0 Å². The molecule has 2 aliphatic heterocycles. The average molecular weight is 581 g/mol. The lowest BCUT2D eigenvalue weighted by Crippen LogP contribution is -2.52. The number of hydrogen-bond donors (Lipinski definition) is 0. The molecule has 0 unspecified atom stereocenters. The van der Waals surface area contributed by atoms with E-state index in [0.717, 1.165) is 35.1 Å². The van der Waals surface area contributed by atoms with Crippen LogP contribution in [0.2, 0.25) is 5.02 Å². The second-order valence-electron chi connectivity index (χ2n) is 11.2. The summed E-state index contributed by atoms with van der Waals surface area (Å²) in [5.41, 5.74) is 3.34. The highest BCUT2D eigenvalue weighted by Gasteiger charge is 2.54. The van der Waals surface area contributed by atoms with Gasteiger partial charge in [0, 0.05) is 32.1 Å². The topological polar surface area (TPSA) is 73.8 Å². The van der Waals surface area contributed by atoms with E-state index in [2.05, 4.69) is 45.9 Å². The van der Waals surface area contributed by atoms with Crippen LogP contribution < -0.4 is 9.47 Å². The summed E-state index contributed by atoms with van der Waals surface area (Å²) in [6.45, 7) is 13.3. The minimum absolute atomic E-state index is 0.0499. The van der Waals surface area contributed by atoms with Crippen molar-refractivity contribution in [2.24, 2.45) is 17.3 Å². The van der Waals surface area contributed by atoms with Crippen molar-refractivity contribution in [3.63, 3.8) is 0 Å². The molecule has 1 saturated carbocycles. The van der Waals surface area contributed by atoms with E-state index < -0.39 is 12.1 Å². The minimum atomic E-state index is -0.578. The van der Waals surface area contributed by atoms with Crippen LogP contribution in [-0.4, -0.2) is 60.0 Å². The number of methoxy groups -OCH3 is 2. The van der Waals surface area contributed by atoms with Gasteiger partial charge in [-0.3, -0.25) is 0 Å². The van der Waals surface area contributed by atoms with Crippen molar-refractivity contribution in [1.82, 2.24) is 0 Å². The molecule has 3 atom stereocenters. The van der Waals surface area contributed by atoms with Gasteiger partial charge in [0.2, 0.25) is 0 Å². The molecule has 9 heteroatoms. The van der Waals surface area contributed by atoms with Gasteiger partial charge in [-0.15, -0.1) is 0 Å². The van der Waals surface area contributed by atoms with E-state index in [9.17, 15) is 0 Å². The Kier molecular flexibility index (Phi) is 10.6. The fraction of sp³-hybridized carbons (Fsp3) is 0.677. The standard InChI is InChI=1S/C31H45ClO8/c1-20(10-12-30(5)21(2)11-13-31(23(30)4)39-16-17-40-31)8-9-24-27(37-18-33-6)25(29-35-14-15-36-29)22(3)26(32)28(24)38-19-34-7/h8,10,12,21,23,29H,9,11,13-19H2,1-7H3/b12-10+,20-8+/t21-,23-,30+/m1/s1. The van der Waals surface area contributed by atoms with Crippen molar-refractivity contribution < 1.29 is 37.9 Å². The van der Waals surface area contributed by atoms with Crippen LogP contribution in [0, 0.1) is 24.2 Å². The van der Waals surface area contributed by atoms with Crippen LogP contribution in [-0.2, 0) is 34.8 Å². The smallest absolute Gasteiger partial charge is 0.188 e. The third-order valence-corrected chi connectivity index (χ3v) is 9.37. The lowest BCUT2D eigenvalue weighted by molar-refractivity contribution is -0.240. The Bertz CT molecular complexity index is 1070. The van der Waals surface area contributed by atoms with Crippen molar-refractivity contribution in [3.8, 4) is 11.5 Å². The van der Waals surface area contributed by atoms with Gasteiger partial charge in [0.25, 0.3) is 0 Å². The van der Waals surface area contributed by atoms with Crippen molar-refractivity contribution in [2.45, 2.75) is 66.0 Å². The van der Waals surface area contributed by atoms with Gasteiger partial charge in [-0.05, 0) is 43.6 Å². The summed E-state index contributed by atoms with van der Waals surface area (Å²) in [5.74, 6) is 1.35. The van der Waals surface area contributed by atoms with Gasteiger partial charge in [-0.25, -0.2) is 0 Å². The molecule has 1 aromatic carbocycles. The van der Waals surface area contributed by atoms with Gasteiger partial charge in [-0.1, -0.05) is 56.2 Å². The minimum Gasteiger partial charge on any atom is -0.467 e. The molecule has 0 aromatic heterocycles. The zero-order valence-corrected chi connectivity index (χ0v) is 25.7. The lowest BCUT2D eigenvalue weighted by atomic mass is 9.59. The Morgan fingerprint density at radius 3 is 2.25 bits per heavy atom. The molecule has 2 heterocycles. The molecule has 4 rings (SSSR count). The first-order valence-corrected chi connectivity index (χ1v) is 14.5. The van der Waals surface area contributed by atoms with Crippen molar-refractivity contribution in [2.75, 3.05) is 54.2 Å². The normalized spacial score (nSPS) is 27.2. The summed E-state index contributed by atoms with van der Waals surface area (Å²) in [6.07, 6.45) is 8.61. The number of allylic oxidation sites excluding steroid dienone is 4. The van der Waals surface area contributed by atoms with E-state index in [-0.39, 0.29) is 24.9 Å².